The summed E-state index contributed by atoms with van der Waals surface area (Å²) >= 11 is 0. The van der Waals surface area contributed by atoms with Crippen LogP contribution in [-0.2, 0) is 0 Å². The predicted molar refractivity (Wildman–Crippen MR) is 81.7 cm³/mol. The second-order valence-electron chi connectivity index (χ2n) is 6.71. The molecule has 0 radical (unpaired) electrons. The third kappa shape index (κ3) is 5.32. The minimum Gasteiger partial charge on any atom is -0.396 e. The van der Waals surface area contributed by atoms with E-state index in [0.717, 1.165) is 38.4 Å². The number of piperidine rings is 1. The number of aliphatic hydroxyl groups is 2. The lowest BCUT2D eigenvalue weighted by Gasteiger charge is -2.38. The van der Waals surface area contributed by atoms with Gasteiger partial charge in [-0.15, -0.1) is 0 Å². The maximum Gasteiger partial charge on any atom is 0.0558 e. The van der Waals surface area contributed by atoms with Crippen molar-refractivity contribution in [3.63, 3.8) is 0 Å². The maximum absolute atomic E-state index is 9.17. The van der Waals surface area contributed by atoms with Crippen molar-refractivity contribution < 1.29 is 10.2 Å². The zero-order chi connectivity index (χ0) is 14.2. The Hall–Kier alpha value is -0.160. The van der Waals surface area contributed by atoms with Gasteiger partial charge in [0.15, 0.2) is 0 Å². The van der Waals surface area contributed by atoms with Crippen LogP contribution in [-0.4, -0.2) is 60.5 Å². The molecule has 2 rings (SSSR count). The Morgan fingerprint density at radius 2 is 1.80 bits per heavy atom. The Bertz CT molecular complexity index is 257. The third-order valence-electron chi connectivity index (χ3n) is 4.97. The number of nitrogens with zero attached hydrogens (tertiary/aromatic N) is 1. The standard InChI is InChI=1S/C16H32N2O2/c19-8-3-6-15-10-16(13-18(12-15)7-9-20)17-11-14-4-1-2-5-14/h14-17,19-20H,1-13H2. The summed E-state index contributed by atoms with van der Waals surface area (Å²) in [5.74, 6) is 1.56. The number of β-amino-alcohol motifs (C(OH)–C–C–N with tert-alkyl or cyclic N) is 1. The molecule has 0 aromatic rings. The molecule has 2 aliphatic rings. The molecule has 2 unspecified atom stereocenters. The van der Waals surface area contributed by atoms with E-state index < -0.39 is 0 Å². The topological polar surface area (TPSA) is 55.7 Å². The van der Waals surface area contributed by atoms with E-state index in [1.807, 2.05) is 0 Å². The second kappa shape index (κ2) is 8.98. The van der Waals surface area contributed by atoms with Crippen molar-refractivity contribution in [2.45, 2.75) is 51.0 Å². The van der Waals surface area contributed by atoms with Gasteiger partial charge in [-0.2, -0.15) is 0 Å². The van der Waals surface area contributed by atoms with Crippen LogP contribution in [0.3, 0.4) is 0 Å². The van der Waals surface area contributed by atoms with E-state index >= 15 is 0 Å². The predicted octanol–water partition coefficient (Wildman–Crippen LogP) is 1.22. The first-order valence-electron chi connectivity index (χ1n) is 8.49. The summed E-state index contributed by atoms with van der Waals surface area (Å²) in [6, 6.07) is 0.569. The minimum atomic E-state index is 0.252. The highest BCUT2D eigenvalue weighted by Crippen LogP contribution is 2.25. The Labute approximate surface area is 123 Å². The van der Waals surface area contributed by atoms with Crippen molar-refractivity contribution in [2.75, 3.05) is 39.4 Å². The molecule has 118 valence electrons. The lowest BCUT2D eigenvalue weighted by atomic mass is 9.90. The van der Waals surface area contributed by atoms with E-state index in [9.17, 15) is 0 Å². The van der Waals surface area contributed by atoms with Gasteiger partial charge in [0.1, 0.15) is 0 Å². The third-order valence-corrected chi connectivity index (χ3v) is 4.97. The molecule has 3 N–H and O–H groups in total. The average Bonchev–Trinajstić information content (AvgIpc) is 2.96. The van der Waals surface area contributed by atoms with Gasteiger partial charge in [0.25, 0.3) is 0 Å². The largest absolute Gasteiger partial charge is 0.396 e. The van der Waals surface area contributed by atoms with Crippen LogP contribution in [0.4, 0.5) is 0 Å². The second-order valence-corrected chi connectivity index (χ2v) is 6.71. The Morgan fingerprint density at radius 3 is 2.50 bits per heavy atom. The first kappa shape index (κ1) is 16.2. The van der Waals surface area contributed by atoms with Crippen LogP contribution >= 0.6 is 0 Å². The first-order valence-corrected chi connectivity index (χ1v) is 8.49. The fraction of sp³-hybridized carbons (Fsp3) is 1.00. The number of nitrogens with one attached hydrogen (secondary N) is 1. The summed E-state index contributed by atoms with van der Waals surface area (Å²) in [6.45, 7) is 4.67. The summed E-state index contributed by atoms with van der Waals surface area (Å²) in [7, 11) is 0. The molecule has 0 spiro atoms. The van der Waals surface area contributed by atoms with Gasteiger partial charge in [-0.25, -0.2) is 0 Å². The SMILES string of the molecule is OCCCC1CC(NCC2CCCC2)CN(CCO)C1. The molecule has 1 saturated carbocycles. The van der Waals surface area contributed by atoms with Crippen molar-refractivity contribution in [3.05, 3.63) is 0 Å². The van der Waals surface area contributed by atoms with Crippen LogP contribution < -0.4 is 5.32 Å². The van der Waals surface area contributed by atoms with Gasteiger partial charge in [0.2, 0.25) is 0 Å². The maximum atomic E-state index is 9.17. The zero-order valence-corrected chi connectivity index (χ0v) is 12.8. The quantitative estimate of drug-likeness (QED) is 0.627. The number of aliphatic hydroxyl groups excluding tert-OH is 2. The van der Waals surface area contributed by atoms with Crippen molar-refractivity contribution in [2.24, 2.45) is 11.8 Å². The molecule has 2 atom stereocenters. The van der Waals surface area contributed by atoms with E-state index in [-0.39, 0.29) is 6.61 Å². The normalized spacial score (nSPS) is 29.1. The van der Waals surface area contributed by atoms with Gasteiger partial charge < -0.3 is 15.5 Å². The van der Waals surface area contributed by atoms with Crippen LogP contribution in [0.25, 0.3) is 0 Å². The molecular weight excluding hydrogens is 252 g/mol. The van der Waals surface area contributed by atoms with Crippen molar-refractivity contribution >= 4 is 0 Å². The fourth-order valence-electron chi connectivity index (χ4n) is 3.91. The van der Waals surface area contributed by atoms with E-state index in [1.54, 1.807) is 0 Å². The van der Waals surface area contributed by atoms with E-state index in [2.05, 4.69) is 10.2 Å². The van der Waals surface area contributed by atoms with Gasteiger partial charge in [-0.05, 0) is 50.5 Å². The summed E-state index contributed by atoms with van der Waals surface area (Å²) in [4.78, 5) is 2.39. The highest BCUT2D eigenvalue weighted by atomic mass is 16.3. The van der Waals surface area contributed by atoms with Crippen LogP contribution in [0.1, 0.15) is 44.9 Å². The van der Waals surface area contributed by atoms with E-state index in [0.29, 0.717) is 18.6 Å². The van der Waals surface area contributed by atoms with Gasteiger partial charge in [-0.1, -0.05) is 12.8 Å². The number of rotatable bonds is 8. The highest BCUT2D eigenvalue weighted by molar-refractivity contribution is 4.84. The number of hydrogen-bond acceptors (Lipinski definition) is 4. The fourth-order valence-corrected chi connectivity index (χ4v) is 3.91. The molecular formula is C16H32N2O2. The number of likely N-dealkylation sites (tertiary alicyclic amines) is 1. The molecule has 20 heavy (non-hydrogen) atoms. The van der Waals surface area contributed by atoms with Gasteiger partial charge in [0.05, 0.1) is 6.61 Å². The molecule has 0 aromatic heterocycles. The molecule has 0 amide bonds. The molecule has 1 heterocycles. The zero-order valence-electron chi connectivity index (χ0n) is 12.8. The Balaban J connectivity index is 1.76. The summed E-state index contributed by atoms with van der Waals surface area (Å²) in [5.41, 5.74) is 0. The van der Waals surface area contributed by atoms with Crippen molar-refractivity contribution in [1.82, 2.24) is 10.2 Å². The molecule has 1 saturated heterocycles. The summed E-state index contributed by atoms with van der Waals surface area (Å²) in [5, 5.41) is 21.9. The summed E-state index contributed by atoms with van der Waals surface area (Å²) in [6.07, 6.45) is 8.86. The van der Waals surface area contributed by atoms with Crippen molar-refractivity contribution in [3.8, 4) is 0 Å². The lowest BCUT2D eigenvalue weighted by molar-refractivity contribution is 0.107. The molecule has 0 bridgehead atoms. The molecule has 4 nitrogen and oxygen atoms in total. The average molecular weight is 284 g/mol. The van der Waals surface area contributed by atoms with Crippen molar-refractivity contribution in [1.29, 1.82) is 0 Å². The smallest absolute Gasteiger partial charge is 0.0558 e. The molecule has 0 aromatic carbocycles. The van der Waals surface area contributed by atoms with Gasteiger partial charge in [0, 0.05) is 32.3 Å². The summed E-state index contributed by atoms with van der Waals surface area (Å²) < 4.78 is 0. The van der Waals surface area contributed by atoms with E-state index in [1.165, 1.54) is 38.6 Å². The van der Waals surface area contributed by atoms with Crippen LogP contribution in [0, 0.1) is 11.8 Å². The van der Waals surface area contributed by atoms with Gasteiger partial charge in [-0.3, -0.25) is 4.90 Å². The Morgan fingerprint density at radius 1 is 1.00 bits per heavy atom. The van der Waals surface area contributed by atoms with E-state index in [4.69, 9.17) is 10.2 Å². The lowest BCUT2D eigenvalue weighted by Crippen LogP contribution is -2.50. The highest BCUT2D eigenvalue weighted by Gasteiger charge is 2.27. The molecule has 2 fully saturated rings. The minimum absolute atomic E-state index is 0.252. The molecule has 1 aliphatic heterocycles. The Kier molecular flexibility index (Phi) is 7.28. The molecule has 1 aliphatic carbocycles. The monoisotopic (exact) mass is 284 g/mol. The van der Waals surface area contributed by atoms with Crippen LogP contribution in [0.15, 0.2) is 0 Å². The van der Waals surface area contributed by atoms with Crippen LogP contribution in [0.5, 0.6) is 0 Å². The van der Waals surface area contributed by atoms with Gasteiger partial charge >= 0.3 is 0 Å². The number of hydrogen-bond donors (Lipinski definition) is 3. The van der Waals surface area contributed by atoms with Crippen LogP contribution in [0.2, 0.25) is 0 Å². The first-order chi connectivity index (χ1) is 9.81. The molecule has 4 heteroatoms.